The highest BCUT2D eigenvalue weighted by atomic mass is 31.1. The minimum atomic E-state index is -0.318. The van der Waals surface area contributed by atoms with Crippen molar-refractivity contribution in [1.29, 1.82) is 0 Å². The van der Waals surface area contributed by atoms with Gasteiger partial charge in [0.15, 0.2) is 0 Å². The van der Waals surface area contributed by atoms with Crippen molar-refractivity contribution in [3.63, 3.8) is 0 Å². The maximum atomic E-state index is 5.54. The molecule has 2 nitrogen and oxygen atoms in total. The third-order valence-electron chi connectivity index (χ3n) is 6.86. The lowest BCUT2D eigenvalue weighted by molar-refractivity contribution is 0.0750. The minimum absolute atomic E-state index is 0.318. The van der Waals surface area contributed by atoms with E-state index in [0.717, 1.165) is 18.2 Å². The molecule has 0 aromatic heterocycles. The smallest absolute Gasteiger partial charge is 0.0618 e. The van der Waals surface area contributed by atoms with E-state index in [2.05, 4.69) is 72.5 Å². The Labute approximate surface area is 172 Å². The van der Waals surface area contributed by atoms with E-state index >= 15 is 0 Å². The molecule has 2 aromatic carbocycles. The van der Waals surface area contributed by atoms with Gasteiger partial charge in [-0.25, -0.2) is 0 Å². The van der Waals surface area contributed by atoms with Crippen LogP contribution in [-0.2, 0) is 4.74 Å². The molecule has 4 atom stereocenters. The Kier molecular flexibility index (Phi) is 6.83. The number of likely N-dealkylation sites (tertiary alicyclic amines) is 1. The van der Waals surface area contributed by atoms with Gasteiger partial charge in [0, 0.05) is 19.2 Å². The van der Waals surface area contributed by atoms with Crippen LogP contribution in [0.25, 0.3) is 0 Å². The molecule has 150 valence electrons. The molecule has 1 unspecified atom stereocenters. The van der Waals surface area contributed by atoms with E-state index in [1.165, 1.54) is 38.6 Å². The fourth-order valence-corrected chi connectivity index (χ4v) is 8.85. The Balaban J connectivity index is 1.62. The highest BCUT2D eigenvalue weighted by molar-refractivity contribution is 7.73. The predicted octanol–water partition coefficient (Wildman–Crippen LogP) is 4.79. The highest BCUT2D eigenvalue weighted by Crippen LogP contribution is 2.52. The molecule has 0 amide bonds. The molecule has 0 radical (unpaired) electrons. The zero-order chi connectivity index (χ0) is 19.3. The van der Waals surface area contributed by atoms with Gasteiger partial charge in [-0.3, -0.25) is 4.90 Å². The van der Waals surface area contributed by atoms with Crippen LogP contribution in [0.2, 0.25) is 0 Å². The van der Waals surface area contributed by atoms with Gasteiger partial charge in [-0.1, -0.05) is 67.1 Å². The van der Waals surface area contributed by atoms with Gasteiger partial charge >= 0.3 is 0 Å². The lowest BCUT2D eigenvalue weighted by Crippen LogP contribution is -2.46. The molecule has 4 rings (SSSR count). The Hall–Kier alpha value is -1.21. The molecule has 1 aliphatic heterocycles. The van der Waals surface area contributed by atoms with Crippen LogP contribution in [0.3, 0.4) is 0 Å². The molecule has 0 bridgehead atoms. The van der Waals surface area contributed by atoms with Crippen molar-refractivity contribution in [2.24, 2.45) is 5.92 Å². The van der Waals surface area contributed by atoms with Crippen LogP contribution >= 0.6 is 7.92 Å². The molecular weight excluding hydrogens is 361 g/mol. The molecule has 2 aliphatic rings. The molecule has 1 heterocycles. The molecule has 1 saturated carbocycles. The number of rotatable bonds is 7. The van der Waals surface area contributed by atoms with Gasteiger partial charge < -0.3 is 4.74 Å². The topological polar surface area (TPSA) is 12.5 Å². The summed E-state index contributed by atoms with van der Waals surface area (Å²) >= 11 is 0. The summed E-state index contributed by atoms with van der Waals surface area (Å²) in [4.78, 5) is 2.77. The van der Waals surface area contributed by atoms with Crippen LogP contribution in [-0.4, -0.2) is 42.9 Å². The summed E-state index contributed by atoms with van der Waals surface area (Å²) in [6, 6.07) is 23.9. The van der Waals surface area contributed by atoms with Gasteiger partial charge in [0.05, 0.1) is 6.61 Å². The molecular formula is C25H34NOP. The quantitative estimate of drug-likeness (QED) is 0.625. The zero-order valence-corrected chi connectivity index (χ0v) is 18.2. The van der Waals surface area contributed by atoms with E-state index in [9.17, 15) is 0 Å². The normalized spacial score (nSPS) is 26.8. The summed E-state index contributed by atoms with van der Waals surface area (Å²) in [5, 5.41) is 3.09. The van der Waals surface area contributed by atoms with Gasteiger partial charge in [-0.15, -0.1) is 0 Å². The van der Waals surface area contributed by atoms with Crippen molar-refractivity contribution in [3.05, 3.63) is 60.7 Å². The summed E-state index contributed by atoms with van der Waals surface area (Å²) in [5.74, 6) is 0.781. The standard InChI is InChI=1S/C25H34NOP/c1-20(26-18-10-11-21(26)19-27-2)24-16-9-17-25(24)28(22-12-5-3-6-13-22)23-14-7-4-8-15-23/h3-8,12-15,20-21,24-25H,9-11,16-19H2,1-2H3/t20-,21+,24-,25?/m0/s1. The first-order valence-corrected chi connectivity index (χ1v) is 12.3. The zero-order valence-electron chi connectivity index (χ0n) is 17.3. The van der Waals surface area contributed by atoms with E-state index in [0.29, 0.717) is 12.1 Å². The first-order valence-electron chi connectivity index (χ1n) is 10.9. The van der Waals surface area contributed by atoms with Gasteiger partial charge in [-0.05, 0) is 69.3 Å². The van der Waals surface area contributed by atoms with Crippen molar-refractivity contribution in [2.45, 2.75) is 56.8 Å². The van der Waals surface area contributed by atoms with E-state index in [4.69, 9.17) is 4.74 Å². The third-order valence-corrected chi connectivity index (χ3v) is 9.87. The molecule has 3 heteroatoms. The van der Waals surface area contributed by atoms with Crippen LogP contribution in [0.4, 0.5) is 0 Å². The first-order chi connectivity index (χ1) is 13.8. The fourth-order valence-electron chi connectivity index (χ4n) is 5.57. The van der Waals surface area contributed by atoms with Crippen LogP contribution in [0.1, 0.15) is 39.0 Å². The second kappa shape index (κ2) is 9.53. The van der Waals surface area contributed by atoms with Crippen molar-refractivity contribution in [2.75, 3.05) is 20.3 Å². The van der Waals surface area contributed by atoms with E-state index in [1.807, 2.05) is 7.11 Å². The number of hydrogen-bond donors (Lipinski definition) is 0. The summed E-state index contributed by atoms with van der Waals surface area (Å²) < 4.78 is 5.54. The first kappa shape index (κ1) is 20.1. The number of hydrogen-bond acceptors (Lipinski definition) is 2. The summed E-state index contributed by atoms with van der Waals surface area (Å²) in [5.41, 5.74) is 0.776. The van der Waals surface area contributed by atoms with Gasteiger partial charge in [-0.2, -0.15) is 0 Å². The lowest BCUT2D eigenvalue weighted by Gasteiger charge is -2.39. The van der Waals surface area contributed by atoms with Crippen LogP contribution in [0, 0.1) is 5.92 Å². The van der Waals surface area contributed by atoms with Crippen molar-refractivity contribution < 1.29 is 4.74 Å². The highest BCUT2D eigenvalue weighted by Gasteiger charge is 2.41. The SMILES string of the molecule is COC[C@H]1CCCN1[C@@H](C)[C@@H]1CCCC1P(c1ccccc1)c1ccccc1. The maximum Gasteiger partial charge on any atom is 0.0618 e. The average Bonchev–Trinajstić information content (AvgIpc) is 3.40. The largest absolute Gasteiger partial charge is 0.383 e. The fraction of sp³-hybridized carbons (Fsp3) is 0.520. The van der Waals surface area contributed by atoms with E-state index < -0.39 is 0 Å². The monoisotopic (exact) mass is 395 g/mol. The average molecular weight is 396 g/mol. The summed E-state index contributed by atoms with van der Waals surface area (Å²) in [7, 11) is 1.53. The van der Waals surface area contributed by atoms with E-state index in [-0.39, 0.29) is 7.92 Å². The maximum absolute atomic E-state index is 5.54. The molecule has 0 N–H and O–H groups in total. The second-order valence-electron chi connectivity index (χ2n) is 8.43. The Morgan fingerprint density at radius 2 is 1.57 bits per heavy atom. The van der Waals surface area contributed by atoms with E-state index in [1.54, 1.807) is 10.6 Å². The van der Waals surface area contributed by atoms with Crippen molar-refractivity contribution in [1.82, 2.24) is 4.90 Å². The Morgan fingerprint density at radius 1 is 0.929 bits per heavy atom. The second-order valence-corrected chi connectivity index (χ2v) is 10.9. The molecule has 0 spiro atoms. The molecule has 2 fully saturated rings. The van der Waals surface area contributed by atoms with Crippen molar-refractivity contribution >= 4 is 18.5 Å². The van der Waals surface area contributed by atoms with Crippen LogP contribution < -0.4 is 10.6 Å². The summed E-state index contributed by atoms with van der Waals surface area (Å²) in [6.07, 6.45) is 6.73. The molecule has 28 heavy (non-hydrogen) atoms. The Morgan fingerprint density at radius 3 is 2.18 bits per heavy atom. The van der Waals surface area contributed by atoms with Crippen LogP contribution in [0.5, 0.6) is 0 Å². The number of methoxy groups -OCH3 is 1. The van der Waals surface area contributed by atoms with Gasteiger partial charge in [0.1, 0.15) is 0 Å². The number of nitrogens with zero attached hydrogens (tertiary/aromatic N) is 1. The predicted molar refractivity (Wildman–Crippen MR) is 121 cm³/mol. The van der Waals surface area contributed by atoms with Gasteiger partial charge in [0.2, 0.25) is 0 Å². The molecule has 1 aliphatic carbocycles. The summed E-state index contributed by atoms with van der Waals surface area (Å²) in [6.45, 7) is 4.63. The number of ether oxygens (including phenoxy) is 1. The minimum Gasteiger partial charge on any atom is -0.383 e. The third kappa shape index (κ3) is 4.20. The van der Waals surface area contributed by atoms with Crippen molar-refractivity contribution in [3.8, 4) is 0 Å². The Bertz CT molecular complexity index is 682. The molecule has 2 aromatic rings. The lowest BCUT2D eigenvalue weighted by atomic mass is 9.97. The molecule has 1 saturated heterocycles. The van der Waals surface area contributed by atoms with Crippen LogP contribution in [0.15, 0.2) is 60.7 Å². The number of benzene rings is 2. The van der Waals surface area contributed by atoms with Gasteiger partial charge in [0.25, 0.3) is 0 Å².